The van der Waals surface area contributed by atoms with Gasteiger partial charge in [-0.3, -0.25) is 9.59 Å². The second-order valence-electron chi connectivity index (χ2n) is 10.5. The first-order chi connectivity index (χ1) is 19.6. The molecule has 0 spiro atoms. The summed E-state index contributed by atoms with van der Waals surface area (Å²) < 4.78 is 11.8. The molecule has 1 N–H and O–H groups in total. The normalized spacial score (nSPS) is 21.4. The highest BCUT2D eigenvalue weighted by molar-refractivity contribution is 6.31. The first-order valence-electron chi connectivity index (χ1n) is 13.7. The summed E-state index contributed by atoms with van der Waals surface area (Å²) in [5.74, 6) is 0.0117. The van der Waals surface area contributed by atoms with Crippen molar-refractivity contribution in [1.82, 2.24) is 10.2 Å². The van der Waals surface area contributed by atoms with E-state index in [4.69, 9.17) is 32.7 Å². The molecule has 1 aliphatic heterocycles. The summed E-state index contributed by atoms with van der Waals surface area (Å²) in [7, 11) is 1.61. The van der Waals surface area contributed by atoms with E-state index < -0.39 is 5.92 Å². The number of nitrogens with one attached hydrogen (secondary N) is 1. The molecule has 2 aliphatic rings. The van der Waals surface area contributed by atoms with Crippen LogP contribution in [0.3, 0.4) is 0 Å². The van der Waals surface area contributed by atoms with Gasteiger partial charge in [0.05, 0.1) is 25.7 Å². The second-order valence-corrected chi connectivity index (χ2v) is 11.4. The minimum atomic E-state index is -0.586. The summed E-state index contributed by atoms with van der Waals surface area (Å²) in [6, 6.07) is 13.4. The van der Waals surface area contributed by atoms with Crippen LogP contribution in [-0.2, 0) is 9.59 Å². The number of ether oxygens (including phenoxy) is 2. The van der Waals surface area contributed by atoms with Gasteiger partial charge in [-0.25, -0.2) is 0 Å². The molecule has 0 saturated carbocycles. The Hall–Kier alpha value is -3.48. The molecule has 2 aromatic rings. The molecule has 1 saturated heterocycles. The summed E-state index contributed by atoms with van der Waals surface area (Å²) in [6.45, 7) is 10.5. The third-order valence-corrected chi connectivity index (χ3v) is 7.93. The Morgan fingerprint density at radius 3 is 2.54 bits per heavy atom. The number of halogens is 2. The fraction of sp³-hybridized carbons (Fsp3) is 0.333. The summed E-state index contributed by atoms with van der Waals surface area (Å²) >= 11 is 12.5. The lowest BCUT2D eigenvalue weighted by molar-refractivity contribution is -0.140. The molecule has 216 valence electrons. The number of allylic oxidation sites excluding steroid dienone is 6. The van der Waals surface area contributed by atoms with Gasteiger partial charge in [0.2, 0.25) is 11.8 Å². The van der Waals surface area contributed by atoms with E-state index in [1.54, 1.807) is 24.2 Å². The Bertz CT molecular complexity index is 1390. The van der Waals surface area contributed by atoms with E-state index in [-0.39, 0.29) is 36.3 Å². The van der Waals surface area contributed by atoms with Crippen LogP contribution in [-0.4, -0.2) is 49.6 Å². The quantitative estimate of drug-likeness (QED) is 0.326. The highest BCUT2D eigenvalue weighted by Crippen LogP contribution is 2.52. The number of piperazine rings is 1. The third-order valence-electron chi connectivity index (χ3n) is 7.40. The third kappa shape index (κ3) is 7.06. The Balaban J connectivity index is 1.94. The van der Waals surface area contributed by atoms with Crippen molar-refractivity contribution in [2.75, 3.05) is 26.7 Å². The largest absolute Gasteiger partial charge is 0.497 e. The zero-order chi connectivity index (χ0) is 29.7. The van der Waals surface area contributed by atoms with Crippen molar-refractivity contribution in [3.05, 3.63) is 100 Å². The van der Waals surface area contributed by atoms with Crippen LogP contribution in [0, 0.1) is 11.8 Å². The van der Waals surface area contributed by atoms with Crippen LogP contribution in [0.1, 0.15) is 37.8 Å². The number of hydrogen-bond donors (Lipinski definition) is 1. The molecule has 0 aromatic heterocycles. The Morgan fingerprint density at radius 2 is 1.90 bits per heavy atom. The van der Waals surface area contributed by atoms with Gasteiger partial charge in [-0.15, -0.1) is 0 Å². The van der Waals surface area contributed by atoms with Crippen LogP contribution in [0.2, 0.25) is 5.02 Å². The van der Waals surface area contributed by atoms with Gasteiger partial charge in [0.1, 0.15) is 11.5 Å². The van der Waals surface area contributed by atoms with E-state index in [0.29, 0.717) is 34.6 Å². The van der Waals surface area contributed by atoms with Gasteiger partial charge < -0.3 is 19.7 Å². The van der Waals surface area contributed by atoms with Crippen molar-refractivity contribution < 1.29 is 19.1 Å². The maximum Gasteiger partial charge on any atom is 0.239 e. The summed E-state index contributed by atoms with van der Waals surface area (Å²) in [5, 5.41) is 3.95. The van der Waals surface area contributed by atoms with Crippen LogP contribution in [0.5, 0.6) is 11.5 Å². The molecule has 0 bridgehead atoms. The second kappa shape index (κ2) is 13.5. The summed E-state index contributed by atoms with van der Waals surface area (Å²) in [5.41, 5.74) is 3.65. The van der Waals surface area contributed by atoms with Gasteiger partial charge in [0, 0.05) is 46.6 Å². The Morgan fingerprint density at radius 1 is 1.17 bits per heavy atom. The fourth-order valence-corrected chi connectivity index (χ4v) is 5.70. The molecule has 41 heavy (non-hydrogen) atoms. The Kier molecular flexibility index (Phi) is 10.0. The predicted octanol–water partition coefficient (Wildman–Crippen LogP) is 6.76. The predicted molar refractivity (Wildman–Crippen MR) is 165 cm³/mol. The van der Waals surface area contributed by atoms with Crippen LogP contribution >= 0.6 is 23.2 Å². The first-order valence-corrected chi connectivity index (χ1v) is 14.4. The molecule has 1 aliphatic carbocycles. The summed E-state index contributed by atoms with van der Waals surface area (Å²) in [4.78, 5) is 28.4. The van der Waals surface area contributed by atoms with Crippen molar-refractivity contribution in [2.24, 2.45) is 11.8 Å². The van der Waals surface area contributed by atoms with Crippen LogP contribution < -0.4 is 14.8 Å². The van der Waals surface area contributed by atoms with Gasteiger partial charge in [-0.2, -0.15) is 0 Å². The molecule has 2 amide bonds. The van der Waals surface area contributed by atoms with E-state index >= 15 is 0 Å². The number of carbonyl (C=O) groups excluding carboxylic acids is 2. The lowest BCUT2D eigenvalue weighted by Crippen LogP contribution is -2.52. The van der Waals surface area contributed by atoms with Crippen LogP contribution in [0.25, 0.3) is 5.57 Å². The van der Waals surface area contributed by atoms with E-state index in [2.05, 4.69) is 18.0 Å². The van der Waals surface area contributed by atoms with Crippen molar-refractivity contribution in [2.45, 2.75) is 32.8 Å². The van der Waals surface area contributed by atoms with E-state index in [9.17, 15) is 9.59 Å². The fourth-order valence-electron chi connectivity index (χ4n) is 5.51. The van der Waals surface area contributed by atoms with Gasteiger partial charge in [-0.05, 0) is 62.2 Å². The van der Waals surface area contributed by atoms with E-state index in [0.717, 1.165) is 22.3 Å². The SMILES string of the molecule is C=C/C(Cl)=C\C=C(/C)[C@H]1C(C(=O)N2CCNC(=O)C2)C(c2ccc(OC)cc2OC(C)C)=C[C@H]1c1ccc(Cl)cc1. The van der Waals surface area contributed by atoms with E-state index in [1.807, 2.05) is 69.3 Å². The standard InChI is InChI=1S/C33H36Cl2N2O4/c1-6-23(34)10-7-21(4)31-27(22-8-11-24(35)12-9-22)18-28(32(31)33(39)37-16-15-36-30(38)19-37)26-14-13-25(40-5)17-29(26)41-20(2)3/h6-14,17-18,20,27,31-32H,1,15-16,19H2,2-5H3,(H,36,38)/b21-7+,23-10+/t27-,31+,32?/m0/s1. The average Bonchev–Trinajstić information content (AvgIpc) is 3.35. The zero-order valence-corrected chi connectivity index (χ0v) is 25.3. The molecule has 6 nitrogen and oxygen atoms in total. The van der Waals surface area contributed by atoms with Crippen molar-refractivity contribution in [3.63, 3.8) is 0 Å². The van der Waals surface area contributed by atoms with Gasteiger partial charge in [0.25, 0.3) is 0 Å². The van der Waals surface area contributed by atoms with Crippen molar-refractivity contribution in [1.29, 1.82) is 0 Å². The molecular weight excluding hydrogens is 559 g/mol. The molecule has 3 atom stereocenters. The van der Waals surface area contributed by atoms with Crippen molar-refractivity contribution >= 4 is 40.6 Å². The molecule has 8 heteroatoms. The summed E-state index contributed by atoms with van der Waals surface area (Å²) in [6.07, 6.45) is 7.36. The molecular formula is C33H36Cl2N2O4. The maximum absolute atomic E-state index is 14.5. The van der Waals surface area contributed by atoms with Gasteiger partial charge in [-0.1, -0.05) is 65.7 Å². The molecule has 2 aromatic carbocycles. The highest BCUT2D eigenvalue weighted by Gasteiger charge is 2.46. The van der Waals surface area contributed by atoms with Crippen molar-refractivity contribution in [3.8, 4) is 11.5 Å². The smallest absolute Gasteiger partial charge is 0.239 e. The molecule has 1 fully saturated rings. The molecule has 1 unspecified atom stereocenters. The number of amides is 2. The first kappa shape index (κ1) is 30.5. The highest BCUT2D eigenvalue weighted by atomic mass is 35.5. The minimum absolute atomic E-state index is 0.0177. The molecule has 0 radical (unpaired) electrons. The zero-order valence-electron chi connectivity index (χ0n) is 23.8. The van der Waals surface area contributed by atoms with Crippen LogP contribution in [0.15, 0.2) is 84.0 Å². The number of hydrogen-bond acceptors (Lipinski definition) is 4. The lowest BCUT2D eigenvalue weighted by Gasteiger charge is -2.34. The molecule has 4 rings (SSSR count). The number of carbonyl (C=O) groups is 2. The maximum atomic E-state index is 14.5. The number of rotatable bonds is 9. The van der Waals surface area contributed by atoms with E-state index in [1.165, 1.54) is 0 Å². The topological polar surface area (TPSA) is 67.9 Å². The Labute approximate surface area is 252 Å². The number of methoxy groups -OCH3 is 1. The number of benzene rings is 2. The van der Waals surface area contributed by atoms with Crippen LogP contribution in [0.4, 0.5) is 0 Å². The molecule has 1 heterocycles. The van der Waals surface area contributed by atoms with Gasteiger partial charge in [0.15, 0.2) is 0 Å². The minimum Gasteiger partial charge on any atom is -0.497 e. The lowest BCUT2D eigenvalue weighted by atomic mass is 9.76. The number of nitrogens with zero attached hydrogens (tertiary/aromatic N) is 1. The monoisotopic (exact) mass is 594 g/mol. The average molecular weight is 596 g/mol. The van der Waals surface area contributed by atoms with Gasteiger partial charge >= 0.3 is 0 Å².